The molecule has 0 aromatic heterocycles. The molecule has 1 fully saturated rings. The minimum Gasteiger partial charge on any atom is -0.381 e. The molecule has 0 aromatic carbocycles. The molecule has 0 heterocycles. The average Bonchev–Trinajstić information content (AvgIpc) is 2.26. The normalized spacial score (nSPS) is 31.5. The zero-order valence-electron chi connectivity index (χ0n) is 7.89. The van der Waals surface area contributed by atoms with Crippen LogP contribution in [0.1, 0.15) is 39.0 Å². The van der Waals surface area contributed by atoms with Gasteiger partial charge in [-0.05, 0) is 32.1 Å². The molecule has 0 radical (unpaired) electrons. The molecule has 1 rings (SSSR count). The van der Waals surface area contributed by atoms with E-state index in [0.29, 0.717) is 5.38 Å². The monoisotopic (exact) mass is 190 g/mol. The largest absolute Gasteiger partial charge is 0.381 e. The highest BCUT2D eigenvalue weighted by Gasteiger charge is 2.18. The zero-order chi connectivity index (χ0) is 8.81. The highest BCUT2D eigenvalue weighted by atomic mass is 35.5. The summed E-state index contributed by atoms with van der Waals surface area (Å²) in [6.07, 6.45) is 6.30. The predicted molar refractivity (Wildman–Crippen MR) is 52.7 cm³/mol. The van der Waals surface area contributed by atoms with Gasteiger partial charge >= 0.3 is 0 Å². The van der Waals surface area contributed by atoms with Gasteiger partial charge in [0.15, 0.2) is 0 Å². The van der Waals surface area contributed by atoms with Crippen molar-refractivity contribution in [2.45, 2.75) is 44.4 Å². The number of hydrogen-bond donors (Lipinski definition) is 0. The van der Waals surface area contributed by atoms with Crippen LogP contribution in [0.2, 0.25) is 0 Å². The molecule has 0 aliphatic heterocycles. The van der Waals surface area contributed by atoms with Gasteiger partial charge in [0.1, 0.15) is 0 Å². The molecule has 1 aliphatic rings. The Kier molecular flexibility index (Phi) is 5.01. The highest BCUT2D eigenvalue weighted by molar-refractivity contribution is 6.20. The Labute approximate surface area is 80.4 Å². The van der Waals surface area contributed by atoms with Crippen LogP contribution in [-0.4, -0.2) is 18.6 Å². The molecule has 0 saturated heterocycles. The van der Waals surface area contributed by atoms with Crippen molar-refractivity contribution < 1.29 is 4.74 Å². The minimum absolute atomic E-state index is 0.401. The zero-order valence-corrected chi connectivity index (χ0v) is 8.65. The molecule has 2 heteroatoms. The van der Waals surface area contributed by atoms with Crippen LogP contribution in [0.4, 0.5) is 0 Å². The molecule has 72 valence electrons. The molecule has 1 nitrogen and oxygen atoms in total. The summed E-state index contributed by atoms with van der Waals surface area (Å²) in [7, 11) is 0. The number of ether oxygens (including phenoxy) is 1. The molecular formula is C10H19ClO. The molecule has 1 aliphatic carbocycles. The molecule has 0 N–H and O–H groups in total. The number of rotatable bonds is 3. The van der Waals surface area contributed by atoms with E-state index in [2.05, 4.69) is 6.92 Å². The van der Waals surface area contributed by atoms with Crippen molar-refractivity contribution in [3.8, 4) is 0 Å². The fraction of sp³-hybridized carbons (Fsp3) is 1.00. The lowest BCUT2D eigenvalue weighted by Crippen LogP contribution is -2.12. The average molecular weight is 191 g/mol. The first-order chi connectivity index (χ1) is 5.83. The first-order valence-electron chi connectivity index (χ1n) is 5.04. The van der Waals surface area contributed by atoms with Gasteiger partial charge in [-0.25, -0.2) is 0 Å². The Morgan fingerprint density at radius 3 is 2.83 bits per heavy atom. The summed E-state index contributed by atoms with van der Waals surface area (Å²) < 4.78 is 5.42. The van der Waals surface area contributed by atoms with Gasteiger partial charge in [0, 0.05) is 18.6 Å². The Morgan fingerprint density at radius 2 is 2.08 bits per heavy atom. The second-order valence-corrected chi connectivity index (χ2v) is 4.26. The molecule has 0 aromatic rings. The smallest absolute Gasteiger partial charge is 0.0494 e. The van der Waals surface area contributed by atoms with Crippen LogP contribution in [0.5, 0.6) is 0 Å². The van der Waals surface area contributed by atoms with E-state index in [0.717, 1.165) is 25.6 Å². The number of alkyl halides is 1. The minimum atomic E-state index is 0.401. The van der Waals surface area contributed by atoms with E-state index in [-0.39, 0.29) is 0 Å². The lowest BCUT2D eigenvalue weighted by Gasteiger charge is -2.15. The summed E-state index contributed by atoms with van der Waals surface area (Å²) in [6, 6.07) is 0. The standard InChI is InChI=1S/C10H19ClO/c1-2-12-8-9-5-3-4-6-10(11)7-9/h9-10H,2-8H2,1H3. The summed E-state index contributed by atoms with van der Waals surface area (Å²) in [4.78, 5) is 0. The second kappa shape index (κ2) is 5.82. The van der Waals surface area contributed by atoms with Crippen LogP contribution >= 0.6 is 11.6 Å². The molecule has 0 amide bonds. The fourth-order valence-corrected chi connectivity index (χ4v) is 2.24. The summed E-state index contributed by atoms with van der Waals surface area (Å²) in [6.45, 7) is 3.80. The van der Waals surface area contributed by atoms with E-state index in [4.69, 9.17) is 16.3 Å². The third-order valence-corrected chi connectivity index (χ3v) is 2.92. The molecule has 2 atom stereocenters. The maximum absolute atomic E-state index is 6.14. The lowest BCUT2D eigenvalue weighted by atomic mass is 10.0. The Balaban J connectivity index is 2.21. The quantitative estimate of drug-likeness (QED) is 0.491. The Bertz CT molecular complexity index is 116. The van der Waals surface area contributed by atoms with Crippen molar-refractivity contribution >= 4 is 11.6 Å². The Morgan fingerprint density at radius 1 is 1.33 bits per heavy atom. The van der Waals surface area contributed by atoms with Crippen molar-refractivity contribution in [3.05, 3.63) is 0 Å². The predicted octanol–water partition coefficient (Wildman–Crippen LogP) is 3.21. The first kappa shape index (κ1) is 10.3. The summed E-state index contributed by atoms with van der Waals surface area (Å²) in [5.41, 5.74) is 0. The summed E-state index contributed by atoms with van der Waals surface area (Å²) in [5, 5.41) is 0.401. The fourth-order valence-electron chi connectivity index (χ4n) is 1.83. The molecular weight excluding hydrogens is 172 g/mol. The van der Waals surface area contributed by atoms with E-state index in [1.807, 2.05) is 0 Å². The highest BCUT2D eigenvalue weighted by Crippen LogP contribution is 2.26. The van der Waals surface area contributed by atoms with E-state index in [1.54, 1.807) is 0 Å². The van der Waals surface area contributed by atoms with Gasteiger partial charge in [0.05, 0.1) is 0 Å². The Hall–Kier alpha value is 0.250. The maximum Gasteiger partial charge on any atom is 0.0494 e. The van der Waals surface area contributed by atoms with E-state index < -0.39 is 0 Å². The van der Waals surface area contributed by atoms with Crippen LogP contribution in [0.25, 0.3) is 0 Å². The van der Waals surface area contributed by atoms with Crippen LogP contribution < -0.4 is 0 Å². The van der Waals surface area contributed by atoms with Crippen molar-refractivity contribution in [2.75, 3.05) is 13.2 Å². The van der Waals surface area contributed by atoms with Gasteiger partial charge < -0.3 is 4.74 Å². The van der Waals surface area contributed by atoms with Crippen molar-refractivity contribution in [1.82, 2.24) is 0 Å². The van der Waals surface area contributed by atoms with E-state index in [1.165, 1.54) is 25.7 Å². The van der Waals surface area contributed by atoms with E-state index in [9.17, 15) is 0 Å². The third kappa shape index (κ3) is 3.77. The van der Waals surface area contributed by atoms with Gasteiger partial charge in [-0.3, -0.25) is 0 Å². The molecule has 0 spiro atoms. The third-order valence-electron chi connectivity index (χ3n) is 2.53. The van der Waals surface area contributed by atoms with Crippen LogP contribution in [0, 0.1) is 5.92 Å². The van der Waals surface area contributed by atoms with Crippen LogP contribution in [0.15, 0.2) is 0 Å². The summed E-state index contributed by atoms with van der Waals surface area (Å²) >= 11 is 6.14. The second-order valence-electron chi connectivity index (χ2n) is 3.64. The molecule has 0 bridgehead atoms. The van der Waals surface area contributed by atoms with Crippen LogP contribution in [0.3, 0.4) is 0 Å². The molecule has 1 saturated carbocycles. The van der Waals surface area contributed by atoms with Gasteiger partial charge in [-0.1, -0.05) is 12.8 Å². The SMILES string of the molecule is CCOCC1CCCCC(Cl)C1. The van der Waals surface area contributed by atoms with E-state index >= 15 is 0 Å². The van der Waals surface area contributed by atoms with Gasteiger partial charge in [0.2, 0.25) is 0 Å². The molecule has 2 unspecified atom stereocenters. The number of hydrogen-bond acceptors (Lipinski definition) is 1. The van der Waals surface area contributed by atoms with Crippen molar-refractivity contribution in [3.63, 3.8) is 0 Å². The lowest BCUT2D eigenvalue weighted by molar-refractivity contribution is 0.105. The topological polar surface area (TPSA) is 9.23 Å². The van der Waals surface area contributed by atoms with Crippen molar-refractivity contribution in [1.29, 1.82) is 0 Å². The van der Waals surface area contributed by atoms with Crippen LogP contribution in [-0.2, 0) is 4.74 Å². The summed E-state index contributed by atoms with van der Waals surface area (Å²) in [5.74, 6) is 0.718. The van der Waals surface area contributed by atoms with Gasteiger partial charge in [0.25, 0.3) is 0 Å². The first-order valence-corrected chi connectivity index (χ1v) is 5.48. The number of halogens is 1. The van der Waals surface area contributed by atoms with Crippen molar-refractivity contribution in [2.24, 2.45) is 5.92 Å². The van der Waals surface area contributed by atoms with Gasteiger partial charge in [-0.2, -0.15) is 0 Å². The van der Waals surface area contributed by atoms with Gasteiger partial charge in [-0.15, -0.1) is 11.6 Å². The maximum atomic E-state index is 6.14. The molecule has 12 heavy (non-hydrogen) atoms.